The molecule has 1 amide bonds. The van der Waals surface area contributed by atoms with Gasteiger partial charge in [-0.3, -0.25) is 9.10 Å². The number of nitrogens with zero attached hydrogens (tertiary/aromatic N) is 2. The number of rotatable bonds is 8. The molecule has 1 N–H and O–H groups in total. The van der Waals surface area contributed by atoms with Crippen molar-refractivity contribution in [2.24, 2.45) is 5.10 Å². The number of sulfonamides is 1. The van der Waals surface area contributed by atoms with Crippen LogP contribution in [0, 0.1) is 0 Å². The lowest BCUT2D eigenvalue weighted by Crippen LogP contribution is -2.46. The molecule has 0 saturated heterocycles. The predicted molar refractivity (Wildman–Crippen MR) is 112 cm³/mol. The minimum absolute atomic E-state index is 0.120. The van der Waals surface area contributed by atoms with Crippen LogP contribution in [0.3, 0.4) is 0 Å². The first-order valence-corrected chi connectivity index (χ1v) is 11.0. The van der Waals surface area contributed by atoms with E-state index in [-0.39, 0.29) is 11.3 Å². The average molecular weight is 457 g/mol. The van der Waals surface area contributed by atoms with Crippen LogP contribution < -0.4 is 14.5 Å². The van der Waals surface area contributed by atoms with Gasteiger partial charge in [0.1, 0.15) is 11.8 Å². The number of halogens is 3. The fraction of sp³-hybridized carbons (Fsp3) is 0.300. The van der Waals surface area contributed by atoms with Crippen molar-refractivity contribution in [2.45, 2.75) is 26.1 Å². The SMILES string of the molecule is CCOc1ccc(N([C@@H](C)C(=O)N/N=C\c2cccc(C(F)(F)F)c2)S(C)(=O)=O)cc1. The first kappa shape index (κ1) is 24.2. The fourth-order valence-corrected chi connectivity index (χ4v) is 3.90. The second kappa shape index (κ2) is 9.82. The first-order chi connectivity index (χ1) is 14.4. The number of carbonyl (C=O) groups is 1. The van der Waals surface area contributed by atoms with Crippen LogP contribution in [-0.4, -0.2) is 39.4 Å². The lowest BCUT2D eigenvalue weighted by atomic mass is 10.1. The van der Waals surface area contributed by atoms with E-state index >= 15 is 0 Å². The molecule has 11 heteroatoms. The van der Waals surface area contributed by atoms with Gasteiger partial charge < -0.3 is 4.74 Å². The summed E-state index contributed by atoms with van der Waals surface area (Å²) in [5.74, 6) is -0.218. The summed E-state index contributed by atoms with van der Waals surface area (Å²) >= 11 is 0. The zero-order valence-electron chi connectivity index (χ0n) is 17.1. The highest BCUT2D eigenvalue weighted by molar-refractivity contribution is 7.92. The van der Waals surface area contributed by atoms with E-state index in [9.17, 15) is 26.4 Å². The van der Waals surface area contributed by atoms with E-state index in [4.69, 9.17) is 4.74 Å². The second-order valence-corrected chi connectivity index (χ2v) is 8.38. The van der Waals surface area contributed by atoms with Crippen LogP contribution in [0.25, 0.3) is 0 Å². The maximum atomic E-state index is 12.8. The average Bonchev–Trinajstić information content (AvgIpc) is 2.68. The Balaban J connectivity index is 2.16. The van der Waals surface area contributed by atoms with Gasteiger partial charge in [0.15, 0.2) is 0 Å². The van der Waals surface area contributed by atoms with E-state index in [1.807, 2.05) is 6.92 Å². The van der Waals surface area contributed by atoms with Crippen molar-refractivity contribution in [3.8, 4) is 5.75 Å². The molecule has 2 rings (SSSR count). The second-order valence-electron chi connectivity index (χ2n) is 6.52. The van der Waals surface area contributed by atoms with Crippen molar-refractivity contribution in [1.82, 2.24) is 5.43 Å². The number of hydrogen-bond acceptors (Lipinski definition) is 5. The lowest BCUT2D eigenvalue weighted by Gasteiger charge is -2.27. The van der Waals surface area contributed by atoms with Crippen LogP contribution in [0.4, 0.5) is 18.9 Å². The van der Waals surface area contributed by atoms with Crippen LogP contribution in [-0.2, 0) is 21.0 Å². The Labute approximate surface area is 178 Å². The van der Waals surface area contributed by atoms with Gasteiger partial charge in [0.05, 0.1) is 30.3 Å². The molecular weight excluding hydrogens is 435 g/mol. The summed E-state index contributed by atoms with van der Waals surface area (Å²) in [6.07, 6.45) is -2.50. The maximum Gasteiger partial charge on any atom is 0.416 e. The van der Waals surface area contributed by atoms with Crippen molar-refractivity contribution in [2.75, 3.05) is 17.2 Å². The molecular formula is C20H22F3N3O4S. The number of alkyl halides is 3. The van der Waals surface area contributed by atoms with E-state index in [0.717, 1.165) is 28.9 Å². The van der Waals surface area contributed by atoms with Gasteiger partial charge >= 0.3 is 6.18 Å². The molecule has 0 fully saturated rings. The number of hydrogen-bond donors (Lipinski definition) is 1. The molecule has 0 aliphatic heterocycles. The standard InChI is InChI=1S/C20H22F3N3O4S/c1-4-30-18-10-8-17(9-11-18)26(31(3,28)29)14(2)19(27)25-24-13-15-6-5-7-16(12-15)20(21,22)23/h5-14H,4H2,1-3H3,(H,25,27)/b24-13-/t14-/m0/s1. The molecule has 0 spiro atoms. The third-order valence-electron chi connectivity index (χ3n) is 4.09. The van der Waals surface area contributed by atoms with E-state index in [1.54, 1.807) is 12.1 Å². The molecule has 1 atom stereocenters. The van der Waals surface area contributed by atoms with E-state index in [2.05, 4.69) is 10.5 Å². The largest absolute Gasteiger partial charge is 0.494 e. The topological polar surface area (TPSA) is 88.1 Å². The van der Waals surface area contributed by atoms with Crippen LogP contribution in [0.5, 0.6) is 5.75 Å². The number of anilines is 1. The quantitative estimate of drug-likeness (QED) is 0.486. The summed E-state index contributed by atoms with van der Waals surface area (Å²) in [6, 6.07) is 9.38. The first-order valence-electron chi connectivity index (χ1n) is 9.16. The molecule has 0 aliphatic carbocycles. The Kier molecular flexibility index (Phi) is 7.66. The molecule has 0 bridgehead atoms. The van der Waals surface area contributed by atoms with Gasteiger partial charge in [-0.2, -0.15) is 18.3 Å². The highest BCUT2D eigenvalue weighted by Crippen LogP contribution is 2.29. The van der Waals surface area contributed by atoms with Gasteiger partial charge in [0, 0.05) is 0 Å². The van der Waals surface area contributed by atoms with Gasteiger partial charge in [-0.25, -0.2) is 13.8 Å². The van der Waals surface area contributed by atoms with Crippen molar-refractivity contribution in [3.05, 3.63) is 59.7 Å². The molecule has 31 heavy (non-hydrogen) atoms. The van der Waals surface area contributed by atoms with Crippen molar-refractivity contribution in [1.29, 1.82) is 0 Å². The molecule has 0 unspecified atom stereocenters. The van der Waals surface area contributed by atoms with E-state index < -0.39 is 33.7 Å². The highest BCUT2D eigenvalue weighted by atomic mass is 32.2. The maximum absolute atomic E-state index is 12.8. The predicted octanol–water partition coefficient (Wildman–Crippen LogP) is 3.41. The monoisotopic (exact) mass is 457 g/mol. The summed E-state index contributed by atoms with van der Waals surface area (Å²) in [7, 11) is -3.83. The fourth-order valence-electron chi connectivity index (χ4n) is 2.72. The minimum Gasteiger partial charge on any atom is -0.494 e. The normalized spacial score (nSPS) is 13.1. The van der Waals surface area contributed by atoms with Crippen LogP contribution in [0.15, 0.2) is 53.6 Å². The summed E-state index contributed by atoms with van der Waals surface area (Å²) in [6.45, 7) is 3.62. The summed E-state index contributed by atoms with van der Waals surface area (Å²) in [5, 5.41) is 3.65. The molecule has 168 valence electrons. The van der Waals surface area contributed by atoms with E-state index in [0.29, 0.717) is 12.4 Å². The molecule has 0 aliphatic rings. The summed E-state index contributed by atoms with van der Waals surface area (Å²) in [4.78, 5) is 12.5. The van der Waals surface area contributed by atoms with Crippen molar-refractivity contribution >= 4 is 27.8 Å². The molecule has 0 heterocycles. The van der Waals surface area contributed by atoms with Gasteiger partial charge in [-0.15, -0.1) is 0 Å². The van der Waals surface area contributed by atoms with Crippen molar-refractivity contribution in [3.63, 3.8) is 0 Å². The van der Waals surface area contributed by atoms with Gasteiger partial charge in [-0.1, -0.05) is 12.1 Å². The number of carbonyl (C=O) groups excluding carboxylic acids is 1. The smallest absolute Gasteiger partial charge is 0.416 e. The van der Waals surface area contributed by atoms with Crippen LogP contribution in [0.2, 0.25) is 0 Å². The number of nitrogens with one attached hydrogen (secondary N) is 1. The number of amides is 1. The third-order valence-corrected chi connectivity index (χ3v) is 5.33. The number of hydrazone groups is 1. The molecule has 0 radical (unpaired) electrons. The Bertz CT molecular complexity index is 1040. The highest BCUT2D eigenvalue weighted by Gasteiger charge is 2.30. The lowest BCUT2D eigenvalue weighted by molar-refractivity contribution is -0.137. The molecule has 2 aromatic carbocycles. The Morgan fingerprint density at radius 2 is 1.87 bits per heavy atom. The molecule has 7 nitrogen and oxygen atoms in total. The zero-order chi connectivity index (χ0) is 23.2. The summed E-state index contributed by atoms with van der Waals surface area (Å²) in [5.41, 5.74) is 1.68. The Hall–Kier alpha value is -3.08. The molecule has 0 saturated carbocycles. The van der Waals surface area contributed by atoms with Gasteiger partial charge in [0.25, 0.3) is 5.91 Å². The molecule has 0 aromatic heterocycles. The third kappa shape index (κ3) is 6.71. The van der Waals surface area contributed by atoms with Crippen LogP contribution in [0.1, 0.15) is 25.0 Å². The van der Waals surface area contributed by atoms with Crippen molar-refractivity contribution < 1.29 is 31.1 Å². The Morgan fingerprint density at radius 3 is 2.42 bits per heavy atom. The van der Waals surface area contributed by atoms with Gasteiger partial charge in [0.2, 0.25) is 10.0 Å². The Morgan fingerprint density at radius 1 is 1.23 bits per heavy atom. The minimum atomic E-state index is -4.50. The zero-order valence-corrected chi connectivity index (χ0v) is 17.9. The van der Waals surface area contributed by atoms with E-state index in [1.165, 1.54) is 31.2 Å². The van der Waals surface area contributed by atoms with Crippen LogP contribution >= 0.6 is 0 Å². The number of benzene rings is 2. The summed E-state index contributed by atoms with van der Waals surface area (Å²) < 4.78 is 69.1. The van der Waals surface area contributed by atoms with Gasteiger partial charge in [-0.05, 0) is 55.8 Å². The number of ether oxygens (including phenoxy) is 1. The molecule has 2 aromatic rings.